The third-order valence-electron chi connectivity index (χ3n) is 3.45. The van der Waals surface area contributed by atoms with Crippen molar-refractivity contribution in [3.05, 3.63) is 56.2 Å². The molecule has 0 radical (unpaired) electrons. The second kappa shape index (κ2) is 7.65. The highest BCUT2D eigenvalue weighted by Gasteiger charge is 2.16. The number of hydrogen-bond donors (Lipinski definition) is 2. The lowest BCUT2D eigenvalue weighted by Gasteiger charge is -2.13. The van der Waals surface area contributed by atoms with Crippen LogP contribution >= 0.6 is 22.6 Å². The van der Waals surface area contributed by atoms with Crippen LogP contribution in [-0.2, 0) is 9.53 Å². The maximum atomic E-state index is 12.0. The minimum atomic E-state index is -0.737. The number of anilines is 1. The van der Waals surface area contributed by atoms with Gasteiger partial charge < -0.3 is 15.2 Å². The van der Waals surface area contributed by atoms with Crippen LogP contribution in [0, 0.1) is 24.3 Å². The van der Waals surface area contributed by atoms with Crippen molar-refractivity contribution in [2.45, 2.75) is 20.8 Å². The molecule has 5 nitrogen and oxygen atoms in total. The molecule has 0 heterocycles. The summed E-state index contributed by atoms with van der Waals surface area (Å²) in [7, 11) is 0. The van der Waals surface area contributed by atoms with Crippen LogP contribution in [0.5, 0.6) is 5.75 Å². The number of aromatic hydroxyl groups is 1. The first-order valence-electron chi connectivity index (χ1n) is 7.31. The summed E-state index contributed by atoms with van der Waals surface area (Å²) in [6.45, 7) is 5.38. The van der Waals surface area contributed by atoms with Crippen molar-refractivity contribution >= 4 is 40.2 Å². The molecule has 126 valence electrons. The van der Waals surface area contributed by atoms with Crippen molar-refractivity contribution in [2.24, 2.45) is 0 Å². The van der Waals surface area contributed by atoms with Gasteiger partial charge in [-0.25, -0.2) is 4.79 Å². The Bertz CT molecular complexity index is 779. The molecule has 0 aliphatic carbocycles. The molecule has 1 amide bonds. The van der Waals surface area contributed by atoms with Gasteiger partial charge in [-0.15, -0.1) is 0 Å². The Hall–Kier alpha value is -2.09. The van der Waals surface area contributed by atoms with Gasteiger partial charge in [0.05, 0.1) is 0 Å². The molecule has 6 heteroatoms. The highest BCUT2D eigenvalue weighted by Crippen LogP contribution is 2.22. The maximum absolute atomic E-state index is 12.0. The second-order valence-electron chi connectivity index (χ2n) is 5.56. The summed E-state index contributed by atoms with van der Waals surface area (Å²) < 4.78 is 5.77. The smallest absolute Gasteiger partial charge is 0.342 e. The van der Waals surface area contributed by atoms with Gasteiger partial charge in [-0.1, -0.05) is 17.7 Å². The lowest BCUT2D eigenvalue weighted by molar-refractivity contribution is -0.119. The van der Waals surface area contributed by atoms with Gasteiger partial charge in [-0.2, -0.15) is 0 Å². The van der Waals surface area contributed by atoms with E-state index in [1.807, 2.05) is 55.5 Å². The van der Waals surface area contributed by atoms with E-state index in [1.54, 1.807) is 6.07 Å². The lowest BCUT2D eigenvalue weighted by Crippen LogP contribution is -2.22. The minimum Gasteiger partial charge on any atom is -0.507 e. The quantitative estimate of drug-likeness (QED) is 0.563. The maximum Gasteiger partial charge on any atom is 0.342 e. The molecule has 2 aromatic carbocycles. The number of esters is 1. The molecule has 2 N–H and O–H groups in total. The van der Waals surface area contributed by atoms with Gasteiger partial charge in [-0.3, -0.25) is 4.79 Å². The number of phenolic OH excluding ortho intramolecular Hbond substituents is 1. The number of amides is 1. The van der Waals surface area contributed by atoms with Crippen LogP contribution < -0.4 is 5.32 Å². The van der Waals surface area contributed by atoms with Gasteiger partial charge in [0.15, 0.2) is 6.61 Å². The number of hydrogen-bond acceptors (Lipinski definition) is 4. The fourth-order valence-electron chi connectivity index (χ4n) is 2.43. The van der Waals surface area contributed by atoms with Gasteiger partial charge in [0.1, 0.15) is 11.3 Å². The average Bonchev–Trinajstić information content (AvgIpc) is 2.50. The monoisotopic (exact) mass is 439 g/mol. The van der Waals surface area contributed by atoms with Crippen molar-refractivity contribution in [2.75, 3.05) is 11.9 Å². The molecule has 0 aliphatic rings. The van der Waals surface area contributed by atoms with Crippen LogP contribution in [0.3, 0.4) is 0 Å². The van der Waals surface area contributed by atoms with Crippen LogP contribution in [0.2, 0.25) is 0 Å². The Morgan fingerprint density at radius 2 is 1.75 bits per heavy atom. The summed E-state index contributed by atoms with van der Waals surface area (Å²) in [5.74, 6) is -1.34. The molecule has 0 spiro atoms. The first-order valence-corrected chi connectivity index (χ1v) is 8.39. The fraction of sp³-hybridized carbons (Fsp3) is 0.222. The van der Waals surface area contributed by atoms with Crippen molar-refractivity contribution in [1.82, 2.24) is 0 Å². The molecule has 0 atom stereocenters. The number of ether oxygens (including phenoxy) is 1. The van der Waals surface area contributed by atoms with E-state index in [-0.39, 0.29) is 11.3 Å². The summed E-state index contributed by atoms with van der Waals surface area (Å²) in [5, 5.41) is 12.5. The van der Waals surface area contributed by atoms with Crippen molar-refractivity contribution in [3.63, 3.8) is 0 Å². The van der Waals surface area contributed by atoms with E-state index in [2.05, 4.69) is 5.32 Å². The normalized spacial score (nSPS) is 10.3. The van der Waals surface area contributed by atoms with Gasteiger partial charge in [0.25, 0.3) is 5.91 Å². The summed E-state index contributed by atoms with van der Waals surface area (Å²) in [4.78, 5) is 24.0. The molecule has 0 unspecified atom stereocenters. The Kier molecular flexibility index (Phi) is 5.82. The largest absolute Gasteiger partial charge is 0.507 e. The van der Waals surface area contributed by atoms with Crippen LogP contribution in [0.15, 0.2) is 30.3 Å². The zero-order valence-electron chi connectivity index (χ0n) is 13.6. The summed E-state index contributed by atoms with van der Waals surface area (Å²) in [6, 6.07) is 8.53. The van der Waals surface area contributed by atoms with E-state index < -0.39 is 18.5 Å². The highest BCUT2D eigenvalue weighted by atomic mass is 127. The number of benzene rings is 2. The highest BCUT2D eigenvalue weighted by molar-refractivity contribution is 14.1. The zero-order valence-corrected chi connectivity index (χ0v) is 15.8. The Labute approximate surface area is 154 Å². The van der Waals surface area contributed by atoms with Gasteiger partial charge in [0, 0.05) is 9.26 Å². The Morgan fingerprint density at radius 1 is 1.12 bits per heavy atom. The number of aryl methyl sites for hydroxylation is 3. The minimum absolute atomic E-state index is 0.0393. The van der Waals surface area contributed by atoms with E-state index in [1.165, 1.54) is 12.1 Å². The van der Waals surface area contributed by atoms with Gasteiger partial charge >= 0.3 is 5.97 Å². The second-order valence-corrected chi connectivity index (χ2v) is 6.81. The number of carbonyl (C=O) groups is 2. The molecule has 0 saturated heterocycles. The Balaban J connectivity index is 2.01. The number of carbonyl (C=O) groups excluding carboxylic acids is 2. The summed E-state index contributed by atoms with van der Waals surface area (Å²) in [6.07, 6.45) is 0. The van der Waals surface area contributed by atoms with E-state index >= 15 is 0 Å². The molecule has 2 rings (SSSR count). The van der Waals surface area contributed by atoms with E-state index in [9.17, 15) is 14.7 Å². The van der Waals surface area contributed by atoms with Crippen LogP contribution in [0.4, 0.5) is 5.69 Å². The summed E-state index contributed by atoms with van der Waals surface area (Å²) in [5.41, 5.74) is 3.77. The number of phenols is 1. The van der Waals surface area contributed by atoms with E-state index in [0.29, 0.717) is 0 Å². The van der Waals surface area contributed by atoms with Crippen molar-refractivity contribution < 1.29 is 19.4 Å². The molecule has 0 aromatic heterocycles. The van der Waals surface area contributed by atoms with E-state index in [0.717, 1.165) is 25.9 Å². The molecule has 24 heavy (non-hydrogen) atoms. The molecular formula is C18H18INO4. The molecule has 0 bridgehead atoms. The summed E-state index contributed by atoms with van der Waals surface area (Å²) >= 11 is 2.02. The van der Waals surface area contributed by atoms with Crippen molar-refractivity contribution in [1.29, 1.82) is 0 Å². The number of rotatable bonds is 4. The predicted octanol–water partition coefficient (Wildman–Crippen LogP) is 3.72. The number of halogens is 1. The SMILES string of the molecule is Cc1cc(C)c(NC(=O)COC(=O)c2cc(I)ccc2O)c(C)c1. The van der Waals surface area contributed by atoms with E-state index in [4.69, 9.17) is 4.74 Å². The number of nitrogens with one attached hydrogen (secondary N) is 1. The lowest BCUT2D eigenvalue weighted by atomic mass is 10.1. The van der Waals surface area contributed by atoms with Crippen LogP contribution in [0.25, 0.3) is 0 Å². The standard InChI is InChI=1S/C18H18INO4/c1-10-6-11(2)17(12(3)7-10)20-16(22)9-24-18(23)14-8-13(19)4-5-15(14)21/h4-8,21H,9H2,1-3H3,(H,20,22). The third kappa shape index (κ3) is 4.47. The van der Waals surface area contributed by atoms with Crippen LogP contribution in [-0.4, -0.2) is 23.6 Å². The average molecular weight is 439 g/mol. The molecular weight excluding hydrogens is 421 g/mol. The third-order valence-corrected chi connectivity index (χ3v) is 4.13. The van der Waals surface area contributed by atoms with Crippen molar-refractivity contribution in [3.8, 4) is 5.75 Å². The zero-order chi connectivity index (χ0) is 17.9. The first kappa shape index (κ1) is 18.3. The molecule has 0 fully saturated rings. The molecule has 2 aromatic rings. The Morgan fingerprint density at radius 3 is 2.38 bits per heavy atom. The fourth-order valence-corrected chi connectivity index (χ4v) is 2.92. The molecule has 0 aliphatic heterocycles. The molecule has 0 saturated carbocycles. The topological polar surface area (TPSA) is 75.6 Å². The predicted molar refractivity (Wildman–Crippen MR) is 100 cm³/mol. The first-order chi connectivity index (χ1) is 11.3. The van der Waals surface area contributed by atoms with Crippen LogP contribution in [0.1, 0.15) is 27.0 Å². The van der Waals surface area contributed by atoms with Gasteiger partial charge in [-0.05, 0) is 72.7 Å². The van der Waals surface area contributed by atoms with Gasteiger partial charge in [0.2, 0.25) is 0 Å².